The van der Waals surface area contributed by atoms with E-state index in [1.54, 1.807) is 55.9 Å². The van der Waals surface area contributed by atoms with Gasteiger partial charge in [0.1, 0.15) is 11.5 Å². The van der Waals surface area contributed by atoms with E-state index >= 15 is 4.39 Å². The maximum Gasteiger partial charge on any atom is 0.324 e. The number of anilines is 4. The summed E-state index contributed by atoms with van der Waals surface area (Å²) in [6.45, 7) is 9.72. The second-order valence-corrected chi connectivity index (χ2v) is 22.2. The van der Waals surface area contributed by atoms with E-state index in [2.05, 4.69) is 20.2 Å². The molecule has 0 radical (unpaired) electrons. The fourth-order valence-electron chi connectivity index (χ4n) is 8.60. The zero-order valence-electron chi connectivity index (χ0n) is 38.0. The third-order valence-corrected chi connectivity index (χ3v) is 16.4. The highest BCUT2D eigenvalue weighted by atomic mass is 35.5. The maximum absolute atomic E-state index is 15.7. The van der Waals surface area contributed by atoms with E-state index in [4.69, 9.17) is 16.1 Å². The van der Waals surface area contributed by atoms with Gasteiger partial charge in [-0.05, 0) is 124 Å². The molecular weight excluding hydrogens is 934 g/mol. The number of sulfone groups is 1. The van der Waals surface area contributed by atoms with Gasteiger partial charge < -0.3 is 34.4 Å². The number of nitro benzene ring substituents is 1. The van der Waals surface area contributed by atoms with Crippen molar-refractivity contribution in [2.24, 2.45) is 0 Å². The summed E-state index contributed by atoms with van der Waals surface area (Å²) in [4.78, 5) is 17.3. The van der Waals surface area contributed by atoms with Crippen LogP contribution in [0.2, 0.25) is 5.02 Å². The Kier molecular flexibility index (Phi) is 15.8. The second-order valence-electron chi connectivity index (χ2n) is 16.6. The Hall–Kier alpha value is -5.35. The Balaban J connectivity index is 1.07. The summed E-state index contributed by atoms with van der Waals surface area (Å²) >= 11 is 7.83. The summed E-state index contributed by atoms with van der Waals surface area (Å²) in [7, 11) is -7.61. The highest BCUT2D eigenvalue weighted by Crippen LogP contribution is 2.48. The Labute approximate surface area is 400 Å². The topological polar surface area (TPSA) is 159 Å². The van der Waals surface area contributed by atoms with Gasteiger partial charge in [-0.15, -0.1) is 11.8 Å². The summed E-state index contributed by atoms with van der Waals surface area (Å²) in [5, 5.41) is 29.0. The van der Waals surface area contributed by atoms with Crippen LogP contribution in [-0.4, -0.2) is 80.5 Å². The van der Waals surface area contributed by atoms with Crippen molar-refractivity contribution in [3.8, 4) is 22.4 Å². The monoisotopic (exact) mass is 988 g/mol. The molecule has 13 nitrogen and oxygen atoms in total. The summed E-state index contributed by atoms with van der Waals surface area (Å²) in [5.74, 6) is 0.0697. The first-order valence-electron chi connectivity index (χ1n) is 22.0. The number of nitro groups is 1. The molecule has 1 fully saturated rings. The minimum atomic E-state index is -3.86. The van der Waals surface area contributed by atoms with Gasteiger partial charge in [0.2, 0.25) is 0 Å². The smallest absolute Gasteiger partial charge is 0.324 e. The molecule has 2 unspecified atom stereocenters. The van der Waals surface area contributed by atoms with Crippen molar-refractivity contribution >= 4 is 74.5 Å². The van der Waals surface area contributed by atoms with E-state index in [1.165, 1.54) is 30.5 Å². The number of piperazine rings is 1. The molecule has 0 amide bonds. The van der Waals surface area contributed by atoms with Crippen molar-refractivity contribution in [1.29, 1.82) is 0 Å². The zero-order chi connectivity index (χ0) is 48.0. The van der Waals surface area contributed by atoms with Crippen molar-refractivity contribution in [2.75, 3.05) is 71.6 Å². The van der Waals surface area contributed by atoms with Crippen LogP contribution >= 0.6 is 30.9 Å². The Bertz CT molecular complexity index is 2860. The van der Waals surface area contributed by atoms with Crippen molar-refractivity contribution in [1.82, 2.24) is 4.57 Å². The lowest BCUT2D eigenvalue weighted by molar-refractivity contribution is -0.383. The van der Waals surface area contributed by atoms with E-state index in [1.807, 2.05) is 79.1 Å². The number of nitrogens with one attached hydrogen (secondary N) is 2. The number of hydrogen-bond acceptors (Lipinski definition) is 11. The summed E-state index contributed by atoms with van der Waals surface area (Å²) in [6, 6.07) is 33.0. The van der Waals surface area contributed by atoms with Crippen LogP contribution in [0.1, 0.15) is 38.9 Å². The van der Waals surface area contributed by atoms with E-state index in [0.717, 1.165) is 16.1 Å². The lowest BCUT2D eigenvalue weighted by Gasteiger charge is -2.37. The summed E-state index contributed by atoms with van der Waals surface area (Å²) in [6.07, 6.45) is 1.55. The Morgan fingerprint density at radius 3 is 2.16 bits per heavy atom. The van der Waals surface area contributed by atoms with Crippen LogP contribution in [0.3, 0.4) is 0 Å². The number of halogens is 2. The van der Waals surface area contributed by atoms with Crippen LogP contribution in [0.15, 0.2) is 125 Å². The highest BCUT2D eigenvalue weighted by Gasteiger charge is 2.32. The minimum Gasteiger partial charge on any atom is -0.396 e. The molecular formula is C49H55ClFN6O7PS2. The van der Waals surface area contributed by atoms with Gasteiger partial charge in [-0.3, -0.25) is 14.7 Å². The van der Waals surface area contributed by atoms with Crippen LogP contribution in [0.5, 0.6) is 0 Å². The fraction of sp³-hybridized carbons (Fsp3) is 0.306. The molecule has 2 atom stereocenters. The molecule has 3 N–H and O–H groups in total. The maximum atomic E-state index is 15.7. The Morgan fingerprint density at radius 2 is 1.57 bits per heavy atom. The van der Waals surface area contributed by atoms with E-state index in [9.17, 15) is 28.2 Å². The number of aliphatic hydroxyl groups is 1. The average Bonchev–Trinajstić information content (AvgIpc) is 3.63. The van der Waals surface area contributed by atoms with Crippen LogP contribution in [0.4, 0.5) is 32.8 Å². The van der Waals surface area contributed by atoms with Gasteiger partial charge in [0, 0.05) is 101 Å². The van der Waals surface area contributed by atoms with Gasteiger partial charge in [0.05, 0.1) is 27.4 Å². The quantitative estimate of drug-likeness (QED) is 0.0306. The van der Waals surface area contributed by atoms with Crippen LogP contribution in [-0.2, 0) is 18.9 Å². The molecule has 0 aliphatic carbocycles. The standard InChI is InChI=1S/C49H55ClFN6O7PS2/c1-6-64-65(61,43-20-21-45(46(31-43)57(59)60)52-40(22-27-58)32-66-44-10-8-7-9-11-44)53-39-16-18-41(19-17-39)54-23-25-55(26-24-54)42-29-36(28-38(51)30-42)47-48(35-12-14-37(50)15-13-35)56(33(2)3)34(4)49(47)67(5,62)63/h7-21,28-31,33,40,52,58H,6,22-27,32H2,1-5H3,(H,53,61). The van der Waals surface area contributed by atoms with Crippen LogP contribution < -0.4 is 25.5 Å². The molecule has 1 aromatic heterocycles. The van der Waals surface area contributed by atoms with E-state index in [-0.39, 0.29) is 46.9 Å². The van der Waals surface area contributed by atoms with Gasteiger partial charge in [-0.1, -0.05) is 41.9 Å². The first kappa shape index (κ1) is 49.6. The largest absolute Gasteiger partial charge is 0.396 e. The van der Waals surface area contributed by atoms with Gasteiger partial charge in [0.15, 0.2) is 9.84 Å². The second kappa shape index (κ2) is 21.3. The molecule has 0 spiro atoms. The van der Waals surface area contributed by atoms with E-state index in [0.29, 0.717) is 77.3 Å². The molecule has 354 valence electrons. The lowest BCUT2D eigenvalue weighted by Crippen LogP contribution is -2.46. The molecule has 7 rings (SSSR count). The minimum absolute atomic E-state index is 0.0786. The number of aliphatic hydroxyl groups excluding tert-OH is 1. The third-order valence-electron chi connectivity index (χ3n) is 11.6. The molecule has 1 aliphatic rings. The predicted molar refractivity (Wildman–Crippen MR) is 271 cm³/mol. The number of hydrogen-bond donors (Lipinski definition) is 3. The molecule has 6 aromatic rings. The Morgan fingerprint density at radius 1 is 0.910 bits per heavy atom. The normalized spacial score (nSPS) is 14.5. The van der Waals surface area contributed by atoms with Gasteiger partial charge >= 0.3 is 7.52 Å². The molecule has 18 heteroatoms. The molecule has 67 heavy (non-hydrogen) atoms. The van der Waals surface area contributed by atoms with Crippen molar-refractivity contribution in [2.45, 2.75) is 56.0 Å². The molecule has 0 saturated carbocycles. The molecule has 1 saturated heterocycles. The first-order chi connectivity index (χ1) is 32.0. The number of aromatic nitrogens is 1. The van der Waals surface area contributed by atoms with Crippen molar-refractivity contribution in [3.63, 3.8) is 0 Å². The summed E-state index contributed by atoms with van der Waals surface area (Å²) < 4.78 is 65.0. The SMILES string of the molecule is CCOP(=O)(Nc1ccc(N2CCN(c3cc(F)cc(-c4c(S(C)(=O)=O)c(C)n(C(C)C)c4-c4ccc(Cl)cc4)c3)CC2)cc1)c1ccc(NC(CCO)CSc2ccccc2)c([N+](=O)[O-])c1. The number of thioether (sulfide) groups is 1. The lowest BCUT2D eigenvalue weighted by atomic mass is 9.99. The van der Waals surface area contributed by atoms with Gasteiger partial charge in [0.25, 0.3) is 5.69 Å². The van der Waals surface area contributed by atoms with Gasteiger partial charge in [-0.2, -0.15) is 0 Å². The molecule has 0 bridgehead atoms. The van der Waals surface area contributed by atoms with Crippen molar-refractivity contribution < 1.29 is 31.9 Å². The number of nitrogens with zero attached hydrogens (tertiary/aromatic N) is 4. The number of benzene rings is 5. The van der Waals surface area contributed by atoms with Crippen LogP contribution in [0.25, 0.3) is 22.4 Å². The predicted octanol–water partition coefficient (Wildman–Crippen LogP) is 11.1. The molecule has 5 aromatic carbocycles. The average molecular weight is 990 g/mol. The highest BCUT2D eigenvalue weighted by molar-refractivity contribution is 7.99. The van der Waals surface area contributed by atoms with Gasteiger partial charge in [-0.25, -0.2) is 12.8 Å². The van der Waals surface area contributed by atoms with Crippen molar-refractivity contribution in [3.05, 3.63) is 142 Å². The zero-order valence-corrected chi connectivity index (χ0v) is 41.3. The molecule has 2 heterocycles. The molecule has 1 aliphatic heterocycles. The summed E-state index contributed by atoms with van der Waals surface area (Å²) in [5.41, 5.74) is 4.91. The fourth-order valence-corrected chi connectivity index (χ4v) is 12.7. The third kappa shape index (κ3) is 11.5. The first-order valence-corrected chi connectivity index (χ1v) is 26.9. The van der Waals surface area contributed by atoms with E-state index < -0.39 is 28.1 Å². The van der Waals surface area contributed by atoms with Crippen LogP contribution in [0, 0.1) is 22.9 Å². The number of rotatable bonds is 19.